The molecule has 0 heterocycles. The molecule has 0 aromatic heterocycles. The lowest BCUT2D eigenvalue weighted by Gasteiger charge is -2.18. The lowest BCUT2D eigenvalue weighted by atomic mass is 10.2. The molecule has 0 atom stereocenters. The van der Waals surface area contributed by atoms with Crippen molar-refractivity contribution in [1.29, 1.82) is 0 Å². The highest BCUT2D eigenvalue weighted by Crippen LogP contribution is 2.05. The molecule has 0 bridgehead atoms. The first-order valence-electron chi connectivity index (χ1n) is 5.26. The predicted octanol–water partition coefficient (Wildman–Crippen LogP) is 2.97. The molecule has 0 fully saturated rings. The van der Waals surface area contributed by atoms with Crippen LogP contribution in [0.25, 0.3) is 0 Å². The smallest absolute Gasteiger partial charge is 0.407 e. The second-order valence-electron chi connectivity index (χ2n) is 3.54. The van der Waals surface area contributed by atoms with Crippen molar-refractivity contribution in [1.82, 2.24) is 4.90 Å². The van der Waals surface area contributed by atoms with Crippen LogP contribution in [0.3, 0.4) is 0 Å². The lowest BCUT2D eigenvalue weighted by molar-refractivity contribution is 0.141. The number of unbranched alkanes of at least 4 members (excludes halogenated alkanes) is 1. The van der Waals surface area contributed by atoms with Crippen LogP contribution >= 0.6 is 0 Å². The van der Waals surface area contributed by atoms with E-state index in [-0.39, 0.29) is 0 Å². The highest BCUT2D eigenvalue weighted by Gasteiger charge is 2.10. The third-order valence-corrected chi connectivity index (χ3v) is 2.27. The molecule has 15 heavy (non-hydrogen) atoms. The molecule has 1 N–H and O–H groups in total. The normalized spacial score (nSPS) is 9.93. The molecule has 1 amide bonds. The molecule has 1 aromatic carbocycles. The molecule has 82 valence electrons. The third kappa shape index (κ3) is 4.02. The van der Waals surface area contributed by atoms with E-state index in [0.29, 0.717) is 13.1 Å². The Morgan fingerprint density at radius 1 is 1.33 bits per heavy atom. The van der Waals surface area contributed by atoms with Crippen molar-refractivity contribution < 1.29 is 9.90 Å². The topological polar surface area (TPSA) is 40.5 Å². The van der Waals surface area contributed by atoms with Gasteiger partial charge in [0.25, 0.3) is 0 Å². The van der Waals surface area contributed by atoms with Crippen molar-refractivity contribution in [3.8, 4) is 0 Å². The summed E-state index contributed by atoms with van der Waals surface area (Å²) in [6, 6.07) is 9.68. The number of hydrogen-bond donors (Lipinski definition) is 1. The Hall–Kier alpha value is -1.51. The highest BCUT2D eigenvalue weighted by atomic mass is 16.4. The first-order chi connectivity index (χ1) is 7.24. The Bertz CT molecular complexity index is 298. The van der Waals surface area contributed by atoms with Crippen LogP contribution in [0, 0.1) is 0 Å². The number of rotatable bonds is 5. The van der Waals surface area contributed by atoms with Gasteiger partial charge in [0.1, 0.15) is 0 Å². The zero-order valence-corrected chi connectivity index (χ0v) is 9.02. The number of carboxylic acid groups (broad SMARTS) is 1. The zero-order valence-electron chi connectivity index (χ0n) is 9.02. The van der Waals surface area contributed by atoms with E-state index in [9.17, 15) is 4.79 Å². The van der Waals surface area contributed by atoms with Crippen LogP contribution in [-0.4, -0.2) is 22.6 Å². The summed E-state index contributed by atoms with van der Waals surface area (Å²) in [4.78, 5) is 12.4. The molecular formula is C12H17NO2. The van der Waals surface area contributed by atoms with Crippen LogP contribution in [0.4, 0.5) is 4.79 Å². The SMILES string of the molecule is CCCCN(Cc1ccccc1)C(=O)O. The van der Waals surface area contributed by atoms with E-state index in [0.717, 1.165) is 18.4 Å². The van der Waals surface area contributed by atoms with Crippen LogP contribution < -0.4 is 0 Å². The van der Waals surface area contributed by atoms with Gasteiger partial charge in [-0.25, -0.2) is 4.79 Å². The Balaban J connectivity index is 2.55. The van der Waals surface area contributed by atoms with Crippen LogP contribution in [0.5, 0.6) is 0 Å². The molecule has 1 aromatic rings. The van der Waals surface area contributed by atoms with Gasteiger partial charge in [-0.05, 0) is 12.0 Å². The molecule has 0 unspecified atom stereocenters. The van der Waals surface area contributed by atoms with E-state index in [2.05, 4.69) is 6.92 Å². The van der Waals surface area contributed by atoms with Gasteiger partial charge in [0.2, 0.25) is 0 Å². The quantitative estimate of drug-likeness (QED) is 0.806. The number of carbonyl (C=O) groups is 1. The molecule has 0 saturated carbocycles. The Morgan fingerprint density at radius 2 is 2.00 bits per heavy atom. The summed E-state index contributed by atoms with van der Waals surface area (Å²) in [6.45, 7) is 3.15. The van der Waals surface area contributed by atoms with E-state index in [4.69, 9.17) is 5.11 Å². The maximum atomic E-state index is 10.9. The average molecular weight is 207 g/mol. The van der Waals surface area contributed by atoms with Crippen LogP contribution in [0.2, 0.25) is 0 Å². The third-order valence-electron chi connectivity index (χ3n) is 2.27. The maximum absolute atomic E-state index is 10.9. The summed E-state index contributed by atoms with van der Waals surface area (Å²) in [5, 5.41) is 8.99. The van der Waals surface area contributed by atoms with Crippen molar-refractivity contribution in [2.75, 3.05) is 6.54 Å². The first-order valence-corrected chi connectivity index (χ1v) is 5.26. The van der Waals surface area contributed by atoms with Gasteiger partial charge < -0.3 is 10.0 Å². The molecule has 1 rings (SSSR count). The minimum atomic E-state index is -0.840. The van der Waals surface area contributed by atoms with Gasteiger partial charge in [-0.1, -0.05) is 43.7 Å². The Morgan fingerprint density at radius 3 is 2.53 bits per heavy atom. The fraction of sp³-hybridized carbons (Fsp3) is 0.417. The van der Waals surface area contributed by atoms with Crippen molar-refractivity contribution in [3.63, 3.8) is 0 Å². The molecular weight excluding hydrogens is 190 g/mol. The number of nitrogens with zero attached hydrogens (tertiary/aromatic N) is 1. The van der Waals surface area contributed by atoms with Crippen molar-refractivity contribution in [3.05, 3.63) is 35.9 Å². The summed E-state index contributed by atoms with van der Waals surface area (Å²) in [6.07, 6.45) is 1.09. The fourth-order valence-corrected chi connectivity index (χ4v) is 1.40. The fourth-order valence-electron chi connectivity index (χ4n) is 1.40. The van der Waals surface area contributed by atoms with E-state index in [1.54, 1.807) is 0 Å². The van der Waals surface area contributed by atoms with Crippen molar-refractivity contribution >= 4 is 6.09 Å². The Kier molecular flexibility index (Phi) is 4.68. The van der Waals surface area contributed by atoms with Crippen molar-refractivity contribution in [2.24, 2.45) is 0 Å². The predicted molar refractivity (Wildman–Crippen MR) is 59.8 cm³/mol. The molecule has 0 radical (unpaired) electrons. The summed E-state index contributed by atoms with van der Waals surface area (Å²) in [7, 11) is 0. The van der Waals surface area contributed by atoms with Gasteiger partial charge in [-0.2, -0.15) is 0 Å². The van der Waals surface area contributed by atoms with Crippen LogP contribution in [0.1, 0.15) is 25.3 Å². The molecule has 3 nitrogen and oxygen atoms in total. The summed E-state index contributed by atoms with van der Waals surface area (Å²) in [5.41, 5.74) is 1.04. The number of benzene rings is 1. The standard InChI is InChI=1S/C12H17NO2/c1-2-3-9-13(12(14)15)10-11-7-5-4-6-8-11/h4-8H,2-3,9-10H2,1H3,(H,14,15). The van der Waals surface area contributed by atoms with Gasteiger partial charge >= 0.3 is 6.09 Å². The monoisotopic (exact) mass is 207 g/mol. The molecule has 0 aliphatic rings. The molecule has 0 spiro atoms. The van der Waals surface area contributed by atoms with E-state index in [1.807, 2.05) is 30.3 Å². The molecule has 0 aliphatic heterocycles. The van der Waals surface area contributed by atoms with Gasteiger partial charge in [-0.3, -0.25) is 0 Å². The number of hydrogen-bond acceptors (Lipinski definition) is 1. The first kappa shape index (κ1) is 11.6. The summed E-state index contributed by atoms with van der Waals surface area (Å²) in [5.74, 6) is 0. The van der Waals surface area contributed by atoms with Gasteiger partial charge in [0.15, 0.2) is 0 Å². The Labute approximate surface area is 90.3 Å². The molecule has 0 saturated heterocycles. The lowest BCUT2D eigenvalue weighted by Crippen LogP contribution is -2.29. The van der Waals surface area contributed by atoms with Crippen molar-refractivity contribution in [2.45, 2.75) is 26.3 Å². The van der Waals surface area contributed by atoms with Gasteiger partial charge in [-0.15, -0.1) is 0 Å². The minimum Gasteiger partial charge on any atom is -0.465 e. The summed E-state index contributed by atoms with van der Waals surface area (Å²) < 4.78 is 0. The van der Waals surface area contributed by atoms with Gasteiger partial charge in [0.05, 0.1) is 0 Å². The molecule has 0 aliphatic carbocycles. The minimum absolute atomic E-state index is 0.482. The van der Waals surface area contributed by atoms with E-state index >= 15 is 0 Å². The molecule has 3 heteroatoms. The second kappa shape index (κ2) is 6.06. The second-order valence-corrected chi connectivity index (χ2v) is 3.54. The van der Waals surface area contributed by atoms with Crippen LogP contribution in [0.15, 0.2) is 30.3 Å². The van der Waals surface area contributed by atoms with Gasteiger partial charge in [0, 0.05) is 13.1 Å². The average Bonchev–Trinajstić information content (AvgIpc) is 2.25. The maximum Gasteiger partial charge on any atom is 0.407 e. The summed E-state index contributed by atoms with van der Waals surface area (Å²) >= 11 is 0. The number of amides is 1. The van der Waals surface area contributed by atoms with Crippen LogP contribution in [-0.2, 0) is 6.54 Å². The largest absolute Gasteiger partial charge is 0.465 e. The zero-order chi connectivity index (χ0) is 11.1. The highest BCUT2D eigenvalue weighted by molar-refractivity contribution is 5.64. The van der Waals surface area contributed by atoms with E-state index in [1.165, 1.54) is 4.90 Å². The van der Waals surface area contributed by atoms with E-state index < -0.39 is 6.09 Å².